The van der Waals surface area contributed by atoms with Crippen LogP contribution in [-0.2, 0) is 0 Å². The van der Waals surface area contributed by atoms with E-state index >= 15 is 0 Å². The molecule has 0 aromatic heterocycles. The van der Waals surface area contributed by atoms with Crippen molar-refractivity contribution in [3.8, 4) is 0 Å². The zero-order valence-electron chi connectivity index (χ0n) is 8.43. The molecule has 1 aromatic carbocycles. The highest BCUT2D eigenvalue weighted by atomic mass is 19.3. The van der Waals surface area contributed by atoms with E-state index in [1.54, 1.807) is 0 Å². The third-order valence-electron chi connectivity index (χ3n) is 2.27. The summed E-state index contributed by atoms with van der Waals surface area (Å²) >= 11 is 0. The van der Waals surface area contributed by atoms with Gasteiger partial charge < -0.3 is 5.73 Å². The summed E-state index contributed by atoms with van der Waals surface area (Å²) in [7, 11) is 0. The average Bonchev–Trinajstić information content (AvgIpc) is 2.08. The Hall–Kier alpha value is -0.960. The van der Waals surface area contributed by atoms with Crippen molar-refractivity contribution in [2.24, 2.45) is 5.73 Å². The third-order valence-corrected chi connectivity index (χ3v) is 2.27. The van der Waals surface area contributed by atoms with E-state index in [-0.39, 0.29) is 6.42 Å². The van der Waals surface area contributed by atoms with Crippen molar-refractivity contribution < 1.29 is 8.78 Å². The summed E-state index contributed by atoms with van der Waals surface area (Å²) < 4.78 is 24.2. The lowest BCUT2D eigenvalue weighted by Gasteiger charge is -2.14. The quantitative estimate of drug-likeness (QED) is 0.795. The van der Waals surface area contributed by atoms with Crippen LogP contribution in [0.1, 0.15) is 29.2 Å². The molecule has 0 aliphatic carbocycles. The fraction of sp³-hybridized carbons (Fsp3) is 0.455. The van der Waals surface area contributed by atoms with Crippen LogP contribution in [0.25, 0.3) is 0 Å². The van der Waals surface area contributed by atoms with E-state index in [2.05, 4.69) is 0 Å². The number of aryl methyl sites for hydroxylation is 2. The molecule has 0 bridgehead atoms. The lowest BCUT2D eigenvalue weighted by molar-refractivity contribution is 0.128. The number of rotatable bonds is 3. The molecule has 14 heavy (non-hydrogen) atoms. The molecule has 0 heterocycles. The Balaban J connectivity index is 2.88. The van der Waals surface area contributed by atoms with Crippen LogP contribution in [0, 0.1) is 13.8 Å². The maximum atomic E-state index is 12.1. The van der Waals surface area contributed by atoms with Crippen LogP contribution in [0.2, 0.25) is 0 Å². The van der Waals surface area contributed by atoms with E-state index in [9.17, 15) is 8.78 Å². The van der Waals surface area contributed by atoms with Gasteiger partial charge in [-0.15, -0.1) is 0 Å². The highest BCUT2D eigenvalue weighted by molar-refractivity contribution is 5.32. The maximum absolute atomic E-state index is 12.1. The second-order valence-electron chi connectivity index (χ2n) is 3.59. The van der Waals surface area contributed by atoms with Crippen molar-refractivity contribution >= 4 is 0 Å². The third kappa shape index (κ3) is 2.77. The standard InChI is InChI=1S/C11H15F2N/c1-7-3-4-8(2)9(5-7)10(14)6-11(12)13/h3-5,10-11H,6,14H2,1-2H3/t10-/m1/s1. The minimum absolute atomic E-state index is 0.274. The summed E-state index contributed by atoms with van der Waals surface area (Å²) in [5.74, 6) is 0. The van der Waals surface area contributed by atoms with Gasteiger partial charge in [0.1, 0.15) is 0 Å². The SMILES string of the molecule is Cc1ccc(C)c([C@H](N)CC(F)F)c1. The van der Waals surface area contributed by atoms with Gasteiger partial charge in [-0.2, -0.15) is 0 Å². The molecule has 0 aliphatic heterocycles. The van der Waals surface area contributed by atoms with Gasteiger partial charge in [0.25, 0.3) is 0 Å². The monoisotopic (exact) mass is 199 g/mol. The Bertz CT molecular complexity index is 310. The lowest BCUT2D eigenvalue weighted by atomic mass is 9.98. The van der Waals surface area contributed by atoms with Crippen LogP contribution in [0.3, 0.4) is 0 Å². The Morgan fingerprint density at radius 1 is 1.29 bits per heavy atom. The molecule has 0 amide bonds. The molecule has 3 heteroatoms. The summed E-state index contributed by atoms with van der Waals surface area (Å²) in [6.07, 6.45) is -2.62. The van der Waals surface area contributed by atoms with E-state index in [4.69, 9.17) is 5.73 Å². The lowest BCUT2D eigenvalue weighted by Crippen LogP contribution is -2.15. The molecule has 0 spiro atoms. The molecule has 0 unspecified atom stereocenters. The smallest absolute Gasteiger partial charge is 0.240 e. The van der Waals surface area contributed by atoms with E-state index < -0.39 is 12.5 Å². The first-order chi connectivity index (χ1) is 6.50. The summed E-state index contributed by atoms with van der Waals surface area (Å²) in [4.78, 5) is 0. The second kappa shape index (κ2) is 4.51. The average molecular weight is 199 g/mol. The normalized spacial score (nSPS) is 13.3. The van der Waals surface area contributed by atoms with Crippen LogP contribution >= 0.6 is 0 Å². The molecule has 1 nitrogen and oxygen atoms in total. The Labute approximate surface area is 82.9 Å². The van der Waals surface area contributed by atoms with E-state index in [0.717, 1.165) is 16.7 Å². The maximum Gasteiger partial charge on any atom is 0.240 e. The van der Waals surface area contributed by atoms with E-state index in [1.165, 1.54) is 0 Å². The van der Waals surface area contributed by atoms with Crippen molar-refractivity contribution in [1.29, 1.82) is 0 Å². The van der Waals surface area contributed by atoms with Gasteiger partial charge in [0.05, 0.1) is 0 Å². The van der Waals surface area contributed by atoms with Crippen LogP contribution < -0.4 is 5.73 Å². The van der Waals surface area contributed by atoms with Crippen molar-refractivity contribution in [3.63, 3.8) is 0 Å². The highest BCUT2D eigenvalue weighted by Crippen LogP contribution is 2.22. The van der Waals surface area contributed by atoms with Gasteiger partial charge in [-0.25, -0.2) is 8.78 Å². The van der Waals surface area contributed by atoms with Crippen LogP contribution in [0.5, 0.6) is 0 Å². The van der Waals surface area contributed by atoms with Crippen LogP contribution in [0.15, 0.2) is 18.2 Å². The summed E-state index contributed by atoms with van der Waals surface area (Å²) in [6, 6.07) is 5.18. The first kappa shape index (κ1) is 11.1. The molecule has 78 valence electrons. The van der Waals surface area contributed by atoms with Gasteiger partial charge in [0.15, 0.2) is 0 Å². The minimum Gasteiger partial charge on any atom is -0.324 e. The molecule has 0 aliphatic rings. The summed E-state index contributed by atoms with van der Waals surface area (Å²) in [5, 5.41) is 0. The van der Waals surface area contributed by atoms with Gasteiger partial charge in [0, 0.05) is 12.5 Å². The summed E-state index contributed by atoms with van der Waals surface area (Å²) in [5.41, 5.74) is 8.54. The van der Waals surface area contributed by atoms with Crippen LogP contribution in [0.4, 0.5) is 8.78 Å². The molecule has 0 radical (unpaired) electrons. The van der Waals surface area contributed by atoms with Gasteiger partial charge in [-0.05, 0) is 25.0 Å². The first-order valence-electron chi connectivity index (χ1n) is 4.61. The molecular formula is C11H15F2N. The van der Waals surface area contributed by atoms with Crippen molar-refractivity contribution in [2.45, 2.75) is 32.7 Å². The molecule has 1 atom stereocenters. The number of halogens is 2. The fourth-order valence-corrected chi connectivity index (χ4v) is 1.48. The molecule has 2 N–H and O–H groups in total. The molecule has 0 saturated heterocycles. The molecule has 0 fully saturated rings. The predicted molar refractivity (Wildman–Crippen MR) is 53.5 cm³/mol. The molecule has 1 rings (SSSR count). The largest absolute Gasteiger partial charge is 0.324 e. The van der Waals surface area contributed by atoms with Gasteiger partial charge >= 0.3 is 0 Å². The number of benzene rings is 1. The van der Waals surface area contributed by atoms with E-state index in [1.807, 2.05) is 32.0 Å². The Kier molecular flexibility index (Phi) is 3.58. The summed E-state index contributed by atoms with van der Waals surface area (Å²) in [6.45, 7) is 3.82. The zero-order chi connectivity index (χ0) is 10.7. The molecular weight excluding hydrogens is 184 g/mol. The molecule has 0 saturated carbocycles. The predicted octanol–water partition coefficient (Wildman–Crippen LogP) is 2.96. The molecule has 1 aromatic rings. The van der Waals surface area contributed by atoms with Crippen molar-refractivity contribution in [3.05, 3.63) is 34.9 Å². The van der Waals surface area contributed by atoms with Gasteiger partial charge in [-0.3, -0.25) is 0 Å². The second-order valence-corrected chi connectivity index (χ2v) is 3.59. The Morgan fingerprint density at radius 3 is 2.50 bits per heavy atom. The fourth-order valence-electron chi connectivity index (χ4n) is 1.48. The number of alkyl halides is 2. The topological polar surface area (TPSA) is 26.0 Å². The number of hydrogen-bond donors (Lipinski definition) is 1. The van der Waals surface area contributed by atoms with Gasteiger partial charge in [0.2, 0.25) is 6.43 Å². The minimum atomic E-state index is -2.34. The number of nitrogens with two attached hydrogens (primary N) is 1. The van der Waals surface area contributed by atoms with Crippen LogP contribution in [-0.4, -0.2) is 6.43 Å². The number of hydrogen-bond acceptors (Lipinski definition) is 1. The first-order valence-corrected chi connectivity index (χ1v) is 4.61. The van der Waals surface area contributed by atoms with E-state index in [0.29, 0.717) is 0 Å². The Morgan fingerprint density at radius 2 is 1.93 bits per heavy atom. The van der Waals surface area contributed by atoms with Crippen molar-refractivity contribution in [1.82, 2.24) is 0 Å². The van der Waals surface area contributed by atoms with Gasteiger partial charge in [-0.1, -0.05) is 23.8 Å². The zero-order valence-corrected chi connectivity index (χ0v) is 8.43. The highest BCUT2D eigenvalue weighted by Gasteiger charge is 2.14. The van der Waals surface area contributed by atoms with Crippen molar-refractivity contribution in [2.75, 3.05) is 0 Å².